The van der Waals surface area contributed by atoms with E-state index in [0.29, 0.717) is 22.6 Å². The number of carbonyl (C=O) groups is 1. The summed E-state index contributed by atoms with van der Waals surface area (Å²) in [6.07, 6.45) is 3.61. The van der Waals surface area contributed by atoms with E-state index in [1.54, 1.807) is 36.5 Å². The molecule has 0 unspecified atom stereocenters. The maximum atomic E-state index is 12.6. The van der Waals surface area contributed by atoms with Gasteiger partial charge in [-0.1, -0.05) is 24.3 Å². The van der Waals surface area contributed by atoms with Crippen LogP contribution in [0.25, 0.3) is 28.1 Å². The van der Waals surface area contributed by atoms with E-state index in [1.165, 1.54) is 4.57 Å². The van der Waals surface area contributed by atoms with E-state index in [-0.39, 0.29) is 12.5 Å². The van der Waals surface area contributed by atoms with Gasteiger partial charge in [-0.3, -0.25) is 13.8 Å². The van der Waals surface area contributed by atoms with Crippen molar-refractivity contribution < 1.29 is 9.21 Å². The summed E-state index contributed by atoms with van der Waals surface area (Å²) < 4.78 is 8.41. The van der Waals surface area contributed by atoms with Crippen molar-refractivity contribution in [3.05, 3.63) is 83.2 Å². The van der Waals surface area contributed by atoms with Gasteiger partial charge in [0, 0.05) is 29.3 Å². The first-order valence-electron chi connectivity index (χ1n) is 9.38. The molecule has 0 aliphatic rings. The summed E-state index contributed by atoms with van der Waals surface area (Å²) in [6.45, 7) is 1.83. The van der Waals surface area contributed by atoms with Crippen LogP contribution in [0.1, 0.15) is 5.69 Å². The van der Waals surface area contributed by atoms with Gasteiger partial charge >= 0.3 is 5.76 Å². The Bertz CT molecular complexity index is 1460. The maximum absolute atomic E-state index is 12.6. The lowest BCUT2D eigenvalue weighted by atomic mass is 10.1. The number of para-hydroxylation sites is 2. The van der Waals surface area contributed by atoms with Crippen molar-refractivity contribution in [2.45, 2.75) is 13.5 Å². The van der Waals surface area contributed by atoms with Crippen LogP contribution in [0.15, 0.2) is 76.2 Å². The number of nitrogens with zero attached hydrogens (tertiary/aromatic N) is 4. The van der Waals surface area contributed by atoms with Gasteiger partial charge in [0.05, 0.1) is 11.2 Å². The highest BCUT2D eigenvalue weighted by molar-refractivity contribution is 5.92. The van der Waals surface area contributed by atoms with E-state index in [0.717, 1.165) is 17.0 Å². The second-order valence-electron chi connectivity index (χ2n) is 6.89. The van der Waals surface area contributed by atoms with Gasteiger partial charge < -0.3 is 9.73 Å². The Hall–Kier alpha value is -4.20. The molecule has 1 amide bonds. The van der Waals surface area contributed by atoms with Gasteiger partial charge in [0.15, 0.2) is 5.58 Å². The highest BCUT2D eigenvalue weighted by Gasteiger charge is 2.14. The highest BCUT2D eigenvalue weighted by Crippen LogP contribution is 2.25. The minimum Gasteiger partial charge on any atom is -0.408 e. The first kappa shape index (κ1) is 17.9. The smallest absolute Gasteiger partial charge is 0.408 e. The van der Waals surface area contributed by atoms with Crippen LogP contribution >= 0.6 is 0 Å². The molecule has 5 aromatic rings. The Morgan fingerprint density at radius 2 is 2.00 bits per heavy atom. The number of hydrogen-bond acceptors (Lipinski definition) is 5. The lowest BCUT2D eigenvalue weighted by molar-refractivity contribution is -0.116. The number of amides is 1. The molecule has 8 nitrogen and oxygen atoms in total. The molecule has 3 heterocycles. The minimum atomic E-state index is -0.562. The van der Waals surface area contributed by atoms with Gasteiger partial charge in [-0.15, -0.1) is 0 Å². The molecular formula is C22H17N5O3. The Labute approximate surface area is 170 Å². The standard InChI is InChI=1S/C22H17N5O3/c1-14-20(25-21-23-10-5-11-26(14)21)15-6-4-7-16(12-15)24-19(28)13-27-17-8-2-3-9-18(17)30-22(27)29/h2-12H,13H2,1H3,(H,24,28). The molecule has 3 aromatic heterocycles. The molecule has 148 valence electrons. The van der Waals surface area contributed by atoms with Crippen LogP contribution in [-0.4, -0.2) is 24.8 Å². The summed E-state index contributed by atoms with van der Waals surface area (Å²) in [5, 5.41) is 2.84. The fourth-order valence-electron chi connectivity index (χ4n) is 3.53. The lowest BCUT2D eigenvalue weighted by Gasteiger charge is -2.07. The summed E-state index contributed by atoms with van der Waals surface area (Å²) >= 11 is 0. The molecule has 5 rings (SSSR count). The third kappa shape index (κ3) is 3.04. The molecule has 0 atom stereocenters. The normalized spacial score (nSPS) is 11.2. The summed E-state index contributed by atoms with van der Waals surface area (Å²) in [4.78, 5) is 33.5. The number of rotatable bonds is 4. The Morgan fingerprint density at radius 1 is 1.13 bits per heavy atom. The molecular weight excluding hydrogens is 382 g/mol. The second-order valence-corrected chi connectivity index (χ2v) is 6.89. The summed E-state index contributed by atoms with van der Waals surface area (Å²) in [6, 6.07) is 16.3. The van der Waals surface area contributed by atoms with Crippen LogP contribution in [0.5, 0.6) is 0 Å². The molecule has 0 radical (unpaired) electrons. The zero-order valence-corrected chi connectivity index (χ0v) is 16.1. The predicted octanol–water partition coefficient (Wildman–Crippen LogP) is 3.25. The van der Waals surface area contributed by atoms with Gasteiger partial charge in [-0.2, -0.15) is 0 Å². The average Bonchev–Trinajstić information content (AvgIpc) is 3.25. The summed E-state index contributed by atoms with van der Waals surface area (Å²) in [5.74, 6) is -0.271. The van der Waals surface area contributed by atoms with E-state index >= 15 is 0 Å². The average molecular weight is 399 g/mol. The number of anilines is 1. The van der Waals surface area contributed by atoms with E-state index in [2.05, 4.69) is 15.3 Å². The SMILES string of the molecule is Cc1c(-c2cccc(NC(=O)Cn3c(=O)oc4ccccc43)c2)nc2ncccn12. The van der Waals surface area contributed by atoms with Gasteiger partial charge in [0.1, 0.15) is 6.54 Å². The summed E-state index contributed by atoms with van der Waals surface area (Å²) in [7, 11) is 0. The Balaban J connectivity index is 1.41. The molecule has 8 heteroatoms. The molecule has 0 aliphatic heterocycles. The number of fused-ring (bicyclic) bond motifs is 2. The van der Waals surface area contributed by atoms with Crippen LogP contribution in [0.2, 0.25) is 0 Å². The van der Waals surface area contributed by atoms with Crippen molar-refractivity contribution in [1.82, 2.24) is 18.9 Å². The molecule has 0 spiro atoms. The van der Waals surface area contributed by atoms with Crippen LogP contribution in [0.3, 0.4) is 0 Å². The Kier molecular flexibility index (Phi) is 4.17. The van der Waals surface area contributed by atoms with Gasteiger partial charge in [0.2, 0.25) is 11.7 Å². The number of carbonyl (C=O) groups excluding carboxylic acids is 1. The molecule has 30 heavy (non-hydrogen) atoms. The number of benzene rings is 2. The van der Waals surface area contributed by atoms with Crippen molar-refractivity contribution in [3.63, 3.8) is 0 Å². The number of oxazole rings is 1. The van der Waals surface area contributed by atoms with Crippen LogP contribution < -0.4 is 11.1 Å². The number of aromatic nitrogens is 4. The molecule has 0 saturated carbocycles. The third-order valence-corrected chi connectivity index (χ3v) is 4.94. The fraction of sp³-hybridized carbons (Fsp3) is 0.0909. The van der Waals surface area contributed by atoms with Crippen molar-refractivity contribution >= 4 is 28.5 Å². The van der Waals surface area contributed by atoms with Gasteiger partial charge in [0.25, 0.3) is 0 Å². The zero-order chi connectivity index (χ0) is 20.7. The first-order valence-corrected chi connectivity index (χ1v) is 9.38. The van der Waals surface area contributed by atoms with Gasteiger partial charge in [-0.05, 0) is 37.3 Å². The van der Waals surface area contributed by atoms with Crippen LogP contribution in [-0.2, 0) is 11.3 Å². The number of imidazole rings is 1. The fourth-order valence-corrected chi connectivity index (χ4v) is 3.53. The second kappa shape index (κ2) is 7.00. The number of nitrogens with one attached hydrogen (secondary N) is 1. The summed E-state index contributed by atoms with van der Waals surface area (Å²) in [5.41, 5.74) is 4.26. The third-order valence-electron chi connectivity index (χ3n) is 4.94. The molecule has 2 aromatic carbocycles. The first-order chi connectivity index (χ1) is 14.6. The largest absolute Gasteiger partial charge is 0.420 e. The van der Waals surface area contributed by atoms with Crippen molar-refractivity contribution in [2.24, 2.45) is 0 Å². The highest BCUT2D eigenvalue weighted by atomic mass is 16.4. The molecule has 0 saturated heterocycles. The predicted molar refractivity (Wildman–Crippen MR) is 112 cm³/mol. The quantitative estimate of drug-likeness (QED) is 0.501. The molecule has 0 bridgehead atoms. The van der Waals surface area contributed by atoms with Crippen molar-refractivity contribution in [1.29, 1.82) is 0 Å². The van der Waals surface area contributed by atoms with E-state index < -0.39 is 5.76 Å². The van der Waals surface area contributed by atoms with E-state index in [1.807, 2.05) is 41.8 Å². The van der Waals surface area contributed by atoms with E-state index in [9.17, 15) is 9.59 Å². The molecule has 0 aliphatic carbocycles. The van der Waals surface area contributed by atoms with E-state index in [4.69, 9.17) is 4.42 Å². The van der Waals surface area contributed by atoms with Crippen LogP contribution in [0, 0.1) is 6.92 Å². The monoisotopic (exact) mass is 399 g/mol. The topological polar surface area (TPSA) is 94.4 Å². The van der Waals surface area contributed by atoms with Crippen molar-refractivity contribution in [3.8, 4) is 11.3 Å². The molecule has 1 N–H and O–H groups in total. The maximum Gasteiger partial charge on any atom is 0.420 e. The lowest BCUT2D eigenvalue weighted by Crippen LogP contribution is -2.24. The van der Waals surface area contributed by atoms with Crippen LogP contribution in [0.4, 0.5) is 5.69 Å². The number of hydrogen-bond donors (Lipinski definition) is 1. The number of aryl methyl sites for hydroxylation is 1. The Morgan fingerprint density at radius 3 is 2.87 bits per heavy atom. The zero-order valence-electron chi connectivity index (χ0n) is 16.1. The molecule has 0 fully saturated rings. The minimum absolute atomic E-state index is 0.141. The van der Waals surface area contributed by atoms with Gasteiger partial charge in [-0.25, -0.2) is 14.8 Å². The van der Waals surface area contributed by atoms with Crippen molar-refractivity contribution in [2.75, 3.05) is 5.32 Å².